The molecule has 26 heavy (non-hydrogen) atoms. The highest BCUT2D eigenvalue weighted by molar-refractivity contribution is 5.85. The monoisotopic (exact) mass is 340 g/mol. The fraction of sp³-hybridized carbons (Fsp3) is 0.0909. The summed E-state index contributed by atoms with van der Waals surface area (Å²) in [6.07, 6.45) is 0. The van der Waals surface area contributed by atoms with Crippen LogP contribution in [0.25, 0.3) is 44.8 Å². The van der Waals surface area contributed by atoms with Crippen molar-refractivity contribution in [1.82, 2.24) is 9.97 Å². The summed E-state index contributed by atoms with van der Waals surface area (Å²) in [5, 5.41) is 0. The lowest BCUT2D eigenvalue weighted by Gasteiger charge is -2.00. The minimum atomic E-state index is 0.639. The van der Waals surface area contributed by atoms with Gasteiger partial charge in [0.05, 0.1) is 0 Å². The minimum Gasteiger partial charge on any atom is -0.441 e. The molecule has 0 N–H and O–H groups in total. The molecule has 0 aliphatic carbocycles. The third-order valence-electron chi connectivity index (χ3n) is 4.51. The minimum absolute atomic E-state index is 0.639. The van der Waals surface area contributed by atoms with Crippen molar-refractivity contribution in [2.45, 2.75) is 13.8 Å². The molecule has 0 radical (unpaired) electrons. The Bertz CT molecular complexity index is 1250. The van der Waals surface area contributed by atoms with E-state index in [4.69, 9.17) is 8.83 Å². The van der Waals surface area contributed by atoms with Gasteiger partial charge in [-0.15, -0.1) is 0 Å². The van der Waals surface area contributed by atoms with E-state index in [0.29, 0.717) is 11.8 Å². The number of fused-ring (bicyclic) bond motifs is 2. The largest absolute Gasteiger partial charge is 0.441 e. The number of hydrogen-bond donors (Lipinski definition) is 0. The molecule has 0 bridgehead atoms. The summed E-state index contributed by atoms with van der Waals surface area (Å²) >= 11 is 0. The van der Waals surface area contributed by atoms with Gasteiger partial charge in [0.25, 0.3) is 0 Å². The number of oxazole rings is 2. The molecule has 0 spiro atoms. The molecule has 0 aliphatic rings. The normalized spacial score (nSPS) is 11.5. The number of aromatic nitrogens is 2. The number of rotatable bonds is 2. The third-order valence-corrected chi connectivity index (χ3v) is 4.51. The molecule has 0 fully saturated rings. The van der Waals surface area contributed by atoms with Crippen molar-refractivity contribution in [3.63, 3.8) is 0 Å². The fourth-order valence-corrected chi connectivity index (χ4v) is 3.15. The van der Waals surface area contributed by atoms with Crippen molar-refractivity contribution in [3.8, 4) is 22.6 Å². The quantitative estimate of drug-likeness (QED) is 0.400. The van der Waals surface area contributed by atoms with Crippen molar-refractivity contribution in [3.05, 3.63) is 72.1 Å². The summed E-state index contributed by atoms with van der Waals surface area (Å²) in [6.45, 7) is 3.92. The molecule has 0 aliphatic heterocycles. The highest BCUT2D eigenvalue weighted by atomic mass is 16.4. The summed E-state index contributed by atoms with van der Waals surface area (Å²) in [6, 6.07) is 20.3. The summed E-state index contributed by atoms with van der Waals surface area (Å²) in [5.74, 6) is 1.31. The topological polar surface area (TPSA) is 52.1 Å². The van der Waals surface area contributed by atoms with Gasteiger partial charge >= 0.3 is 0 Å². The first-order valence-corrected chi connectivity index (χ1v) is 8.51. The van der Waals surface area contributed by atoms with Gasteiger partial charge in [-0.25, -0.2) is 9.97 Å². The standard InChI is InChI=1S/C22H16N2O2/c1-13-3-5-15(6-4-13)22-24-19-12-17(8-10-21(19)26-22)16-7-9-20-18(11-16)23-14(2)25-20/h3-12H,1-2H3. The Balaban J connectivity index is 1.59. The van der Waals surface area contributed by atoms with Crippen LogP contribution in [0.4, 0.5) is 0 Å². The molecule has 0 saturated carbocycles. The van der Waals surface area contributed by atoms with Crippen LogP contribution in [0.1, 0.15) is 11.5 Å². The Kier molecular flexibility index (Phi) is 3.19. The van der Waals surface area contributed by atoms with Gasteiger partial charge in [-0.1, -0.05) is 29.8 Å². The van der Waals surface area contributed by atoms with Crippen LogP contribution in [0.15, 0.2) is 69.5 Å². The van der Waals surface area contributed by atoms with Gasteiger partial charge in [0.2, 0.25) is 5.89 Å². The predicted molar refractivity (Wildman–Crippen MR) is 102 cm³/mol. The van der Waals surface area contributed by atoms with E-state index >= 15 is 0 Å². The van der Waals surface area contributed by atoms with E-state index in [2.05, 4.69) is 29.0 Å². The van der Waals surface area contributed by atoms with Crippen molar-refractivity contribution in [2.24, 2.45) is 0 Å². The Morgan fingerprint density at radius 1 is 0.615 bits per heavy atom. The maximum Gasteiger partial charge on any atom is 0.227 e. The lowest BCUT2D eigenvalue weighted by atomic mass is 10.0. The van der Waals surface area contributed by atoms with Crippen molar-refractivity contribution in [1.29, 1.82) is 0 Å². The molecule has 0 atom stereocenters. The van der Waals surface area contributed by atoms with Gasteiger partial charge < -0.3 is 8.83 Å². The molecule has 4 nitrogen and oxygen atoms in total. The zero-order valence-corrected chi connectivity index (χ0v) is 14.5. The van der Waals surface area contributed by atoms with E-state index in [-0.39, 0.29) is 0 Å². The zero-order chi connectivity index (χ0) is 17.7. The lowest BCUT2D eigenvalue weighted by Crippen LogP contribution is -1.79. The van der Waals surface area contributed by atoms with Gasteiger partial charge in [0.1, 0.15) is 11.0 Å². The first kappa shape index (κ1) is 14.9. The van der Waals surface area contributed by atoms with Crippen LogP contribution in [0.3, 0.4) is 0 Å². The third kappa shape index (κ3) is 2.47. The average molecular weight is 340 g/mol. The average Bonchev–Trinajstić information content (AvgIpc) is 3.23. The van der Waals surface area contributed by atoms with E-state index in [0.717, 1.165) is 38.9 Å². The predicted octanol–water partition coefficient (Wildman–Crippen LogP) is 5.92. The lowest BCUT2D eigenvalue weighted by molar-refractivity contribution is 0.561. The summed E-state index contributed by atoms with van der Waals surface area (Å²) in [4.78, 5) is 9.08. The van der Waals surface area contributed by atoms with Crippen LogP contribution in [0, 0.1) is 13.8 Å². The molecule has 2 aromatic heterocycles. The zero-order valence-electron chi connectivity index (χ0n) is 14.5. The van der Waals surface area contributed by atoms with Gasteiger partial charge in [-0.3, -0.25) is 0 Å². The Morgan fingerprint density at radius 2 is 1.19 bits per heavy atom. The second-order valence-electron chi connectivity index (χ2n) is 6.48. The van der Waals surface area contributed by atoms with Gasteiger partial charge in [0.15, 0.2) is 17.1 Å². The first-order chi connectivity index (χ1) is 12.7. The molecular formula is C22H16N2O2. The maximum atomic E-state index is 5.92. The summed E-state index contributed by atoms with van der Waals surface area (Å²) in [7, 11) is 0. The highest BCUT2D eigenvalue weighted by Crippen LogP contribution is 2.30. The second-order valence-corrected chi connectivity index (χ2v) is 6.48. The molecule has 2 heterocycles. The van der Waals surface area contributed by atoms with Crippen LogP contribution >= 0.6 is 0 Å². The van der Waals surface area contributed by atoms with E-state index in [1.807, 2.05) is 55.5 Å². The molecule has 0 saturated heterocycles. The smallest absolute Gasteiger partial charge is 0.227 e. The summed E-state index contributed by atoms with van der Waals surface area (Å²) in [5.41, 5.74) is 7.63. The summed E-state index contributed by atoms with van der Waals surface area (Å²) < 4.78 is 11.5. The Labute approximate surface area is 150 Å². The molecule has 0 unspecified atom stereocenters. The van der Waals surface area contributed by atoms with E-state index < -0.39 is 0 Å². The number of nitrogens with zero attached hydrogens (tertiary/aromatic N) is 2. The van der Waals surface area contributed by atoms with Gasteiger partial charge in [-0.2, -0.15) is 0 Å². The number of hydrogen-bond acceptors (Lipinski definition) is 4. The van der Waals surface area contributed by atoms with E-state index in [9.17, 15) is 0 Å². The van der Waals surface area contributed by atoms with Crippen LogP contribution in [0.5, 0.6) is 0 Å². The van der Waals surface area contributed by atoms with Crippen LogP contribution in [-0.2, 0) is 0 Å². The van der Waals surface area contributed by atoms with Crippen molar-refractivity contribution in [2.75, 3.05) is 0 Å². The van der Waals surface area contributed by atoms with E-state index in [1.54, 1.807) is 0 Å². The fourth-order valence-electron chi connectivity index (χ4n) is 3.15. The SMILES string of the molecule is Cc1ccc(-c2nc3cc(-c4ccc5oc(C)nc5c4)ccc3o2)cc1. The molecule has 5 rings (SSSR count). The van der Waals surface area contributed by atoms with Gasteiger partial charge in [0, 0.05) is 12.5 Å². The highest BCUT2D eigenvalue weighted by Gasteiger charge is 2.10. The number of benzene rings is 3. The molecule has 0 amide bonds. The molecule has 5 aromatic rings. The van der Waals surface area contributed by atoms with Crippen molar-refractivity contribution >= 4 is 22.2 Å². The first-order valence-electron chi connectivity index (χ1n) is 8.51. The molecular weight excluding hydrogens is 324 g/mol. The van der Waals surface area contributed by atoms with Crippen molar-refractivity contribution < 1.29 is 8.83 Å². The van der Waals surface area contributed by atoms with Crippen LogP contribution < -0.4 is 0 Å². The van der Waals surface area contributed by atoms with E-state index in [1.165, 1.54) is 5.56 Å². The Hall–Kier alpha value is -3.40. The molecule has 126 valence electrons. The number of aryl methyl sites for hydroxylation is 2. The maximum absolute atomic E-state index is 5.92. The Morgan fingerprint density at radius 3 is 1.88 bits per heavy atom. The molecule has 4 heteroatoms. The second kappa shape index (κ2) is 5.56. The van der Waals surface area contributed by atoms with Crippen LogP contribution in [0.2, 0.25) is 0 Å². The van der Waals surface area contributed by atoms with Gasteiger partial charge in [-0.05, 0) is 54.4 Å². The molecule has 3 aromatic carbocycles. The van der Waals surface area contributed by atoms with Crippen LogP contribution in [-0.4, -0.2) is 9.97 Å².